The van der Waals surface area contributed by atoms with E-state index in [4.69, 9.17) is 4.74 Å². The van der Waals surface area contributed by atoms with Gasteiger partial charge in [-0.25, -0.2) is 8.42 Å². The van der Waals surface area contributed by atoms with Crippen LogP contribution in [0.4, 0.5) is 0 Å². The Morgan fingerprint density at radius 3 is 2.68 bits per heavy atom. The van der Waals surface area contributed by atoms with Crippen LogP contribution in [0.3, 0.4) is 0 Å². The Hall–Kier alpha value is -1.60. The number of benzene rings is 1. The molecule has 3 rings (SSSR count). The van der Waals surface area contributed by atoms with Crippen LogP contribution in [0.2, 0.25) is 0 Å². The van der Waals surface area contributed by atoms with Gasteiger partial charge in [0.1, 0.15) is 5.75 Å². The molecule has 2 aliphatic heterocycles. The minimum atomic E-state index is -3.06. The van der Waals surface area contributed by atoms with Crippen molar-refractivity contribution in [3.63, 3.8) is 0 Å². The largest absolute Gasteiger partial charge is 0.496 e. The Morgan fingerprint density at radius 1 is 1.24 bits per heavy atom. The number of hydrogen-bond donors (Lipinski definition) is 0. The number of carbonyl (C=O) groups excluding carboxylic acids is 1. The third-order valence-corrected chi connectivity index (χ3v) is 7.07. The fraction of sp³-hybridized carbons (Fsp3) is 0.611. The number of carbonyl (C=O) groups is 1. The summed E-state index contributed by atoms with van der Waals surface area (Å²) in [6.45, 7) is 3.31. The maximum atomic E-state index is 12.7. The number of nitrogens with zero attached hydrogens (tertiary/aromatic N) is 2. The zero-order valence-electron chi connectivity index (χ0n) is 15.1. The average molecular weight is 366 g/mol. The van der Waals surface area contributed by atoms with Crippen LogP contribution in [0.15, 0.2) is 18.2 Å². The standard InChI is InChI=1S/C18H26N2O4S/c1-13-4-5-14(10-17(13)24-3)6-7-18(21)20-9-8-19(2)15-11-25(22,23)12-16(15)20/h4-5,10,15-16H,6-9,11-12H2,1-3H3/t15-,16+/m1/s1. The number of piperazine rings is 1. The number of aryl methyl sites for hydroxylation is 2. The topological polar surface area (TPSA) is 66.9 Å². The molecule has 7 heteroatoms. The van der Waals surface area contributed by atoms with Gasteiger partial charge in [0, 0.05) is 25.6 Å². The van der Waals surface area contributed by atoms with Gasteiger partial charge in [-0.15, -0.1) is 0 Å². The van der Waals surface area contributed by atoms with E-state index in [9.17, 15) is 13.2 Å². The molecule has 2 heterocycles. The normalized spacial score (nSPS) is 25.6. The lowest BCUT2D eigenvalue weighted by molar-refractivity contribution is -0.136. The van der Waals surface area contributed by atoms with Crippen LogP contribution in [0.1, 0.15) is 17.5 Å². The molecule has 1 amide bonds. The maximum absolute atomic E-state index is 12.7. The van der Waals surface area contributed by atoms with E-state index < -0.39 is 9.84 Å². The molecule has 0 aromatic heterocycles. The second kappa shape index (κ2) is 6.96. The molecule has 2 aliphatic rings. The van der Waals surface area contributed by atoms with Crippen molar-refractivity contribution in [2.45, 2.75) is 31.8 Å². The highest BCUT2D eigenvalue weighted by Crippen LogP contribution is 2.27. The molecular weight excluding hydrogens is 340 g/mol. The number of amides is 1. The van der Waals surface area contributed by atoms with Crippen molar-refractivity contribution in [3.8, 4) is 5.75 Å². The Bertz CT molecular complexity index is 762. The summed E-state index contributed by atoms with van der Waals surface area (Å²) >= 11 is 0. The smallest absolute Gasteiger partial charge is 0.223 e. The highest BCUT2D eigenvalue weighted by Gasteiger charge is 2.46. The quantitative estimate of drug-likeness (QED) is 0.791. The van der Waals surface area contributed by atoms with E-state index >= 15 is 0 Å². The monoisotopic (exact) mass is 366 g/mol. The van der Waals surface area contributed by atoms with Crippen molar-refractivity contribution in [3.05, 3.63) is 29.3 Å². The molecule has 0 N–H and O–H groups in total. The number of methoxy groups -OCH3 is 1. The number of likely N-dealkylation sites (N-methyl/N-ethyl adjacent to an activating group) is 1. The second-order valence-electron chi connectivity index (χ2n) is 7.08. The highest BCUT2D eigenvalue weighted by molar-refractivity contribution is 7.91. The van der Waals surface area contributed by atoms with Crippen molar-refractivity contribution < 1.29 is 17.9 Å². The van der Waals surface area contributed by atoms with Crippen LogP contribution in [0.5, 0.6) is 5.75 Å². The molecule has 138 valence electrons. The van der Waals surface area contributed by atoms with Crippen molar-refractivity contribution in [2.24, 2.45) is 0 Å². The number of hydrogen-bond acceptors (Lipinski definition) is 5. The predicted octanol–water partition coefficient (Wildman–Crippen LogP) is 0.876. The van der Waals surface area contributed by atoms with Crippen molar-refractivity contribution >= 4 is 15.7 Å². The lowest BCUT2D eigenvalue weighted by atomic mass is 10.0. The minimum absolute atomic E-state index is 0.0414. The summed E-state index contributed by atoms with van der Waals surface area (Å²) in [5.41, 5.74) is 2.12. The van der Waals surface area contributed by atoms with E-state index in [1.165, 1.54) is 0 Å². The van der Waals surface area contributed by atoms with Crippen molar-refractivity contribution in [1.29, 1.82) is 0 Å². The van der Waals surface area contributed by atoms with E-state index in [0.29, 0.717) is 19.4 Å². The third-order valence-electron chi connectivity index (χ3n) is 5.37. The molecule has 1 aromatic rings. The van der Waals surface area contributed by atoms with Crippen LogP contribution in [-0.4, -0.2) is 75.0 Å². The molecule has 0 radical (unpaired) electrons. The lowest BCUT2D eigenvalue weighted by Gasteiger charge is -2.42. The predicted molar refractivity (Wildman–Crippen MR) is 96.6 cm³/mol. The molecule has 1 aromatic carbocycles. The van der Waals surface area contributed by atoms with E-state index in [1.54, 1.807) is 12.0 Å². The van der Waals surface area contributed by atoms with E-state index in [0.717, 1.165) is 23.4 Å². The molecule has 2 saturated heterocycles. The first kappa shape index (κ1) is 18.2. The first-order valence-electron chi connectivity index (χ1n) is 8.64. The molecule has 0 unspecified atom stereocenters. The molecule has 0 saturated carbocycles. The fourth-order valence-corrected chi connectivity index (χ4v) is 5.91. The van der Waals surface area contributed by atoms with Gasteiger partial charge >= 0.3 is 0 Å². The summed E-state index contributed by atoms with van der Waals surface area (Å²) in [5.74, 6) is 1.12. The van der Waals surface area contributed by atoms with Gasteiger partial charge in [0.15, 0.2) is 9.84 Å². The van der Waals surface area contributed by atoms with Gasteiger partial charge in [0.2, 0.25) is 5.91 Å². The number of ether oxygens (including phenoxy) is 1. The first-order chi connectivity index (χ1) is 11.8. The average Bonchev–Trinajstić information content (AvgIpc) is 2.90. The van der Waals surface area contributed by atoms with Crippen LogP contribution in [0, 0.1) is 6.92 Å². The second-order valence-corrected chi connectivity index (χ2v) is 9.24. The molecule has 0 spiro atoms. The van der Waals surface area contributed by atoms with Crippen LogP contribution in [0.25, 0.3) is 0 Å². The summed E-state index contributed by atoms with van der Waals surface area (Å²) in [7, 11) is 0.523. The van der Waals surface area contributed by atoms with Gasteiger partial charge in [-0.1, -0.05) is 12.1 Å². The van der Waals surface area contributed by atoms with Gasteiger partial charge < -0.3 is 9.64 Å². The summed E-state index contributed by atoms with van der Waals surface area (Å²) < 4.78 is 29.4. The Morgan fingerprint density at radius 2 is 1.96 bits per heavy atom. The van der Waals surface area contributed by atoms with Crippen LogP contribution < -0.4 is 4.74 Å². The number of fused-ring (bicyclic) bond motifs is 1. The minimum Gasteiger partial charge on any atom is -0.496 e. The maximum Gasteiger partial charge on any atom is 0.223 e. The van der Waals surface area contributed by atoms with Gasteiger partial charge in [-0.05, 0) is 37.6 Å². The van der Waals surface area contributed by atoms with E-state index in [-0.39, 0.29) is 29.5 Å². The summed E-state index contributed by atoms with van der Waals surface area (Å²) in [6, 6.07) is 5.70. The van der Waals surface area contributed by atoms with Crippen molar-refractivity contribution in [1.82, 2.24) is 9.80 Å². The number of rotatable bonds is 4. The van der Waals surface area contributed by atoms with Crippen LogP contribution in [-0.2, 0) is 21.1 Å². The molecule has 0 bridgehead atoms. The SMILES string of the molecule is COc1cc(CCC(=O)N2CCN(C)[C@@H]3CS(=O)(=O)C[C@@H]32)ccc1C. The summed E-state index contributed by atoms with van der Waals surface area (Å²) in [6.07, 6.45) is 1.02. The zero-order valence-corrected chi connectivity index (χ0v) is 15.9. The van der Waals surface area contributed by atoms with Gasteiger partial charge in [0.05, 0.1) is 24.7 Å². The summed E-state index contributed by atoms with van der Waals surface area (Å²) in [5, 5.41) is 0. The van der Waals surface area contributed by atoms with Gasteiger partial charge in [0.25, 0.3) is 0 Å². The van der Waals surface area contributed by atoms with Crippen LogP contribution >= 0.6 is 0 Å². The molecule has 0 aliphatic carbocycles. The molecule has 2 fully saturated rings. The van der Waals surface area contributed by atoms with Crippen molar-refractivity contribution in [2.75, 3.05) is 38.8 Å². The molecule has 2 atom stereocenters. The zero-order chi connectivity index (χ0) is 18.2. The highest BCUT2D eigenvalue weighted by atomic mass is 32.2. The fourth-order valence-electron chi connectivity index (χ4n) is 3.85. The first-order valence-corrected chi connectivity index (χ1v) is 10.5. The molecular formula is C18H26N2O4S. The Kier molecular flexibility index (Phi) is 5.06. The third kappa shape index (κ3) is 3.82. The van der Waals surface area contributed by atoms with E-state index in [1.807, 2.05) is 32.2 Å². The number of sulfone groups is 1. The van der Waals surface area contributed by atoms with E-state index in [2.05, 4.69) is 4.90 Å². The summed E-state index contributed by atoms with van der Waals surface area (Å²) in [4.78, 5) is 16.6. The molecule has 6 nitrogen and oxygen atoms in total. The Balaban J connectivity index is 1.67. The lowest BCUT2D eigenvalue weighted by Crippen LogP contribution is -2.59. The Labute approximate surface area is 149 Å². The van der Waals surface area contributed by atoms with Gasteiger partial charge in [-0.2, -0.15) is 0 Å². The molecule has 25 heavy (non-hydrogen) atoms. The van der Waals surface area contributed by atoms with Gasteiger partial charge in [-0.3, -0.25) is 9.69 Å².